The highest BCUT2D eigenvalue weighted by molar-refractivity contribution is 7.10. The number of benzene rings is 1. The lowest BCUT2D eigenvalue weighted by Crippen LogP contribution is -2.52. The number of carbonyl (C=O) groups excluding carboxylic acids is 5. The molecule has 1 N–H and O–H groups in total. The number of nitrogens with one attached hydrogen (secondary N) is 1. The molecule has 3 amide bonds. The van der Waals surface area contributed by atoms with Crippen molar-refractivity contribution in [3.8, 4) is 0 Å². The summed E-state index contributed by atoms with van der Waals surface area (Å²) in [5.74, 6) is -1.63. The van der Waals surface area contributed by atoms with E-state index in [2.05, 4.69) is 19.2 Å². The highest BCUT2D eigenvalue weighted by Crippen LogP contribution is 2.34. The Morgan fingerprint density at radius 1 is 1.16 bits per heavy atom. The first-order valence-electron chi connectivity index (χ1n) is 10.7. The summed E-state index contributed by atoms with van der Waals surface area (Å²) in [7, 11) is 0. The Balaban J connectivity index is 1.40. The summed E-state index contributed by atoms with van der Waals surface area (Å²) in [6.07, 6.45) is 0.937. The number of carbonyl (C=O) groups is 5. The van der Waals surface area contributed by atoms with Gasteiger partial charge >= 0.3 is 0 Å². The van der Waals surface area contributed by atoms with Gasteiger partial charge in [0.1, 0.15) is 6.04 Å². The van der Waals surface area contributed by atoms with Crippen LogP contribution in [0.4, 0.5) is 0 Å². The van der Waals surface area contributed by atoms with Crippen LogP contribution in [0, 0.1) is 0 Å². The zero-order valence-corrected chi connectivity index (χ0v) is 18.8. The van der Waals surface area contributed by atoms with Gasteiger partial charge in [-0.05, 0) is 29.9 Å². The van der Waals surface area contributed by atoms with Crippen molar-refractivity contribution in [2.45, 2.75) is 58.0 Å². The number of nitrogens with zero attached hydrogens (tertiary/aromatic N) is 1. The van der Waals surface area contributed by atoms with Gasteiger partial charge < -0.3 is 4.90 Å². The quantitative estimate of drug-likeness (QED) is 0.395. The van der Waals surface area contributed by atoms with Crippen LogP contribution in [0.1, 0.15) is 75.7 Å². The summed E-state index contributed by atoms with van der Waals surface area (Å²) in [6.45, 7) is 4.40. The van der Waals surface area contributed by atoms with E-state index in [1.54, 1.807) is 17.5 Å². The normalized spacial score (nSPS) is 18.2. The molecule has 1 saturated heterocycles. The van der Waals surface area contributed by atoms with E-state index in [0.29, 0.717) is 29.9 Å². The maximum Gasteiger partial charge on any atom is 0.256 e. The molecule has 7 nitrogen and oxygen atoms in total. The minimum absolute atomic E-state index is 0.0598. The topological polar surface area (TPSA) is 101 Å². The van der Waals surface area contributed by atoms with Crippen LogP contribution in [0.3, 0.4) is 0 Å². The second-order valence-corrected chi connectivity index (χ2v) is 9.44. The molecule has 0 aliphatic carbocycles. The van der Waals surface area contributed by atoms with E-state index >= 15 is 0 Å². The fourth-order valence-electron chi connectivity index (χ4n) is 4.13. The lowest BCUT2D eigenvalue weighted by molar-refractivity contribution is -0.136. The van der Waals surface area contributed by atoms with E-state index in [1.165, 1.54) is 16.2 Å². The summed E-state index contributed by atoms with van der Waals surface area (Å²) in [5, 5.41) is 4.03. The number of hydrogen-bond donors (Lipinski definition) is 1. The number of imide groups is 1. The fraction of sp³-hybridized carbons (Fsp3) is 0.375. The standard InChI is InChI=1S/C24H24N2O5S/c1-13(2)14-3-5-15(6-4-14)22(29)19(27)8-9-20-16-11-26(24(31)17(16)12-32-20)18-7-10-21(28)25-23(18)30/h3-6,12-13,18H,7-11H2,1-2H3,(H,25,28,30). The van der Waals surface area contributed by atoms with Crippen molar-refractivity contribution in [1.82, 2.24) is 10.2 Å². The molecule has 166 valence electrons. The largest absolute Gasteiger partial charge is 0.322 e. The van der Waals surface area contributed by atoms with E-state index in [4.69, 9.17) is 0 Å². The molecule has 2 aliphatic heterocycles. The molecule has 3 heterocycles. The van der Waals surface area contributed by atoms with Crippen LogP contribution in [0.15, 0.2) is 29.6 Å². The fourth-order valence-corrected chi connectivity index (χ4v) is 5.17. The van der Waals surface area contributed by atoms with Crippen LogP contribution in [-0.2, 0) is 27.3 Å². The van der Waals surface area contributed by atoms with Crippen molar-refractivity contribution in [2.75, 3.05) is 0 Å². The van der Waals surface area contributed by atoms with Gasteiger partial charge in [0.25, 0.3) is 5.91 Å². The lowest BCUT2D eigenvalue weighted by Gasteiger charge is -2.29. The molecule has 8 heteroatoms. The van der Waals surface area contributed by atoms with Crippen molar-refractivity contribution in [3.05, 3.63) is 56.8 Å². The Kier molecular flexibility index (Phi) is 6.06. The monoisotopic (exact) mass is 452 g/mol. The molecule has 0 bridgehead atoms. The second-order valence-electron chi connectivity index (χ2n) is 8.48. The number of ketones is 2. The average Bonchev–Trinajstić information content (AvgIpc) is 3.31. The Morgan fingerprint density at radius 2 is 1.88 bits per heavy atom. The zero-order chi connectivity index (χ0) is 23.0. The molecular formula is C24H24N2O5S. The number of Topliss-reactive ketones (excluding diaryl/α,β-unsaturated/α-hetero) is 2. The SMILES string of the molecule is CC(C)c1ccc(C(=O)C(=O)CCc2scc3c2CN(C2CCC(=O)NC2=O)C3=O)cc1. The summed E-state index contributed by atoms with van der Waals surface area (Å²) in [6, 6.07) is 6.45. The van der Waals surface area contributed by atoms with Gasteiger partial charge in [-0.25, -0.2) is 0 Å². The number of piperidine rings is 1. The first-order chi connectivity index (χ1) is 15.3. The van der Waals surface area contributed by atoms with Crippen LogP contribution in [-0.4, -0.2) is 40.2 Å². The number of thiophene rings is 1. The molecule has 1 fully saturated rings. The molecule has 1 unspecified atom stereocenters. The predicted molar refractivity (Wildman–Crippen MR) is 119 cm³/mol. The second kappa shape index (κ2) is 8.78. The van der Waals surface area contributed by atoms with Crippen LogP contribution in [0.2, 0.25) is 0 Å². The molecule has 1 aromatic heterocycles. The van der Waals surface area contributed by atoms with Crippen molar-refractivity contribution in [2.24, 2.45) is 0 Å². The van der Waals surface area contributed by atoms with Gasteiger partial charge in [-0.15, -0.1) is 11.3 Å². The Hall–Kier alpha value is -3.13. The first-order valence-corrected chi connectivity index (χ1v) is 11.6. The van der Waals surface area contributed by atoms with E-state index in [1.807, 2.05) is 12.1 Å². The summed E-state index contributed by atoms with van der Waals surface area (Å²) in [5.41, 5.74) is 2.84. The van der Waals surface area contributed by atoms with Gasteiger partial charge in [-0.3, -0.25) is 29.3 Å². The van der Waals surface area contributed by atoms with Gasteiger partial charge in [0.15, 0.2) is 0 Å². The molecule has 1 atom stereocenters. The highest BCUT2D eigenvalue weighted by Gasteiger charge is 2.40. The number of fused-ring (bicyclic) bond motifs is 1. The summed E-state index contributed by atoms with van der Waals surface area (Å²) in [4.78, 5) is 63.7. The number of hydrogen-bond acceptors (Lipinski definition) is 6. The first kappa shape index (κ1) is 22.1. The van der Waals surface area contributed by atoms with Crippen LogP contribution in [0.5, 0.6) is 0 Å². The van der Waals surface area contributed by atoms with E-state index in [-0.39, 0.29) is 31.2 Å². The molecule has 2 aliphatic rings. The maximum atomic E-state index is 12.8. The molecular weight excluding hydrogens is 428 g/mol. The summed E-state index contributed by atoms with van der Waals surface area (Å²) >= 11 is 1.39. The molecule has 0 spiro atoms. The molecule has 0 radical (unpaired) electrons. The minimum Gasteiger partial charge on any atom is -0.322 e. The van der Waals surface area contributed by atoms with Crippen molar-refractivity contribution in [3.63, 3.8) is 0 Å². The molecule has 1 aromatic carbocycles. The predicted octanol–water partition coefficient (Wildman–Crippen LogP) is 3.02. The third kappa shape index (κ3) is 4.14. The van der Waals surface area contributed by atoms with Crippen LogP contribution >= 0.6 is 11.3 Å². The lowest BCUT2D eigenvalue weighted by atomic mass is 9.98. The van der Waals surface area contributed by atoms with Gasteiger partial charge in [0, 0.05) is 35.2 Å². The Morgan fingerprint density at radius 3 is 2.53 bits per heavy atom. The van der Waals surface area contributed by atoms with E-state index < -0.39 is 23.5 Å². The van der Waals surface area contributed by atoms with Gasteiger partial charge in [0.05, 0.1) is 5.56 Å². The van der Waals surface area contributed by atoms with Crippen molar-refractivity contribution in [1.29, 1.82) is 0 Å². The Bertz CT molecular complexity index is 1120. The molecule has 32 heavy (non-hydrogen) atoms. The van der Waals surface area contributed by atoms with E-state index in [0.717, 1.165) is 16.0 Å². The van der Waals surface area contributed by atoms with Gasteiger partial charge in [0.2, 0.25) is 23.4 Å². The zero-order valence-electron chi connectivity index (χ0n) is 18.0. The van der Waals surface area contributed by atoms with E-state index in [9.17, 15) is 24.0 Å². The highest BCUT2D eigenvalue weighted by atomic mass is 32.1. The van der Waals surface area contributed by atoms with Crippen molar-refractivity contribution >= 4 is 40.6 Å². The third-order valence-electron chi connectivity index (χ3n) is 6.06. The minimum atomic E-state index is -0.664. The molecule has 4 rings (SSSR count). The van der Waals surface area contributed by atoms with Gasteiger partial charge in [-0.2, -0.15) is 0 Å². The Labute approximate surface area is 189 Å². The third-order valence-corrected chi connectivity index (χ3v) is 7.15. The van der Waals surface area contributed by atoms with Crippen LogP contribution < -0.4 is 5.32 Å². The number of rotatable bonds is 7. The molecule has 0 saturated carbocycles. The molecule has 2 aromatic rings. The summed E-state index contributed by atoms with van der Waals surface area (Å²) < 4.78 is 0. The van der Waals surface area contributed by atoms with Crippen molar-refractivity contribution < 1.29 is 24.0 Å². The number of aryl methyl sites for hydroxylation is 1. The average molecular weight is 453 g/mol. The van der Waals surface area contributed by atoms with Crippen LogP contribution in [0.25, 0.3) is 0 Å². The number of amides is 3. The van der Waals surface area contributed by atoms with Gasteiger partial charge in [-0.1, -0.05) is 38.1 Å². The maximum absolute atomic E-state index is 12.8. The smallest absolute Gasteiger partial charge is 0.256 e.